The van der Waals surface area contributed by atoms with Gasteiger partial charge in [-0.25, -0.2) is 5.01 Å². The van der Waals surface area contributed by atoms with E-state index in [4.69, 9.17) is 73.6 Å². The number of hydrazone groups is 1. The largest absolute Gasteiger partial charge is 0.372 e. The average molecular weight is 1130 g/mol. The molecule has 3 heterocycles. The van der Waals surface area contributed by atoms with Gasteiger partial charge in [0.25, 0.3) is 5.91 Å². The van der Waals surface area contributed by atoms with Gasteiger partial charge in [0.2, 0.25) is 5.91 Å². The maximum absolute atomic E-state index is 16.3. The zero-order valence-corrected chi connectivity index (χ0v) is 43.3. The number of halogens is 6. The number of amides is 2. The lowest BCUT2D eigenvalue weighted by molar-refractivity contribution is -0.154. The van der Waals surface area contributed by atoms with Crippen LogP contribution in [0.1, 0.15) is 93.0 Å². The van der Waals surface area contributed by atoms with Gasteiger partial charge in [0.1, 0.15) is 17.8 Å². The third-order valence-corrected chi connectivity index (χ3v) is 15.7. The molecule has 0 bridgehead atoms. The molecule has 10 nitrogen and oxygen atoms in total. The van der Waals surface area contributed by atoms with E-state index in [1.54, 1.807) is 24.3 Å². The Kier molecular flexibility index (Phi) is 16.1. The summed E-state index contributed by atoms with van der Waals surface area (Å²) in [4.78, 5) is 31.3. The van der Waals surface area contributed by atoms with Gasteiger partial charge in [0, 0.05) is 38.1 Å². The Bertz CT molecular complexity index is 2600. The first kappa shape index (κ1) is 49.4. The lowest BCUT2D eigenvalue weighted by Gasteiger charge is -2.45. The molecule has 0 radical (unpaired) electrons. The van der Waals surface area contributed by atoms with E-state index in [1.807, 2.05) is 76.7 Å². The lowest BCUT2D eigenvalue weighted by atomic mass is 9.89. The molecular weight excluding hydrogens is 1070 g/mol. The number of primary amides is 1. The van der Waals surface area contributed by atoms with Gasteiger partial charge in [-0.05, 0) is 126 Å². The van der Waals surface area contributed by atoms with E-state index in [9.17, 15) is 4.79 Å². The zero-order valence-electron chi connectivity index (χ0n) is 37.4. The van der Waals surface area contributed by atoms with Crippen LogP contribution >= 0.6 is 80.6 Å². The molecule has 0 aromatic heterocycles. The maximum atomic E-state index is 16.3. The van der Waals surface area contributed by atoms with Crippen molar-refractivity contribution >= 4 is 109 Å². The second-order valence-electron chi connectivity index (χ2n) is 18.0. The summed E-state index contributed by atoms with van der Waals surface area (Å²) >= 11 is 36.2. The van der Waals surface area contributed by atoms with Crippen LogP contribution in [0.2, 0.25) is 25.1 Å². The Hall–Kier alpha value is -3.63. The molecule has 4 unspecified atom stereocenters. The standard InChI is InChI=1S/C52H53Cl5IN7O3/c53-36-19-15-35(16-20-36)48-49(50(51(59)66)64(63(48)44-26-22-38(55)30-41(44)57)45-13-7-8-14-47(45)68-32-33-11-5-4-6-12-33)65(61-27-9-2-1-3-10-28-61)52(67)42-31-46(34-17-23-39(58)24-18-34)62(60-42)43-25-21-37(54)29-40(43)56/h4-6,11-12,15-26,29-30,45-50H,1-3,7-10,13-14,27-28,31-32H2,(H2,59,66)/t45-,46?,47-,48?,49?,50?/m0/s1. The second kappa shape index (κ2) is 22.2. The van der Waals surface area contributed by atoms with Crippen molar-refractivity contribution in [1.29, 1.82) is 0 Å². The van der Waals surface area contributed by atoms with Gasteiger partial charge < -0.3 is 10.5 Å². The molecule has 5 aromatic carbocycles. The average Bonchev–Trinajstić information content (AvgIpc) is 3.91. The first-order chi connectivity index (χ1) is 33.0. The highest BCUT2D eigenvalue weighted by Crippen LogP contribution is 2.50. The third kappa shape index (κ3) is 10.7. The topological polar surface area (TPSA) is 97.9 Å². The normalized spacial score (nSPS) is 23.8. The number of rotatable bonds is 12. The number of nitrogens with two attached hydrogens (primary N) is 1. The van der Waals surface area contributed by atoms with Crippen LogP contribution in [0.5, 0.6) is 0 Å². The van der Waals surface area contributed by atoms with Crippen LogP contribution in [0, 0.1) is 3.57 Å². The summed E-state index contributed by atoms with van der Waals surface area (Å²) in [5.41, 5.74) is 11.2. The van der Waals surface area contributed by atoms with Crippen molar-refractivity contribution in [3.8, 4) is 0 Å². The summed E-state index contributed by atoms with van der Waals surface area (Å²) < 4.78 is 7.97. The number of carbonyl (C=O) groups is 2. The highest BCUT2D eigenvalue weighted by molar-refractivity contribution is 14.1. The van der Waals surface area contributed by atoms with E-state index in [-0.39, 0.29) is 30.5 Å². The molecule has 1 aliphatic carbocycles. The minimum atomic E-state index is -1.07. The lowest BCUT2D eigenvalue weighted by Crippen LogP contribution is -2.64. The van der Waals surface area contributed by atoms with E-state index >= 15 is 4.79 Å². The van der Waals surface area contributed by atoms with Crippen molar-refractivity contribution in [1.82, 2.24) is 15.0 Å². The van der Waals surface area contributed by atoms with Crippen LogP contribution in [0.3, 0.4) is 0 Å². The molecule has 356 valence electrons. The molecule has 2 saturated heterocycles. The Balaban J connectivity index is 1.24. The van der Waals surface area contributed by atoms with Crippen LogP contribution in [-0.4, -0.2) is 69.9 Å². The number of nitrogens with zero attached hydrogens (tertiary/aromatic N) is 6. The van der Waals surface area contributed by atoms with Crippen LogP contribution in [-0.2, 0) is 20.9 Å². The van der Waals surface area contributed by atoms with E-state index in [1.165, 1.54) is 0 Å². The van der Waals surface area contributed by atoms with Crippen LogP contribution in [0.15, 0.2) is 120 Å². The molecule has 3 aliphatic heterocycles. The molecule has 9 rings (SSSR count). The van der Waals surface area contributed by atoms with Gasteiger partial charge in [-0.2, -0.15) is 10.1 Å². The van der Waals surface area contributed by atoms with Crippen LogP contribution in [0.25, 0.3) is 0 Å². The molecule has 4 aliphatic rings. The maximum Gasteiger partial charge on any atom is 0.284 e. The zero-order chi connectivity index (χ0) is 47.5. The predicted octanol–water partition coefficient (Wildman–Crippen LogP) is 13.1. The second-order valence-corrected chi connectivity index (χ2v) is 21.3. The van der Waals surface area contributed by atoms with Crippen molar-refractivity contribution < 1.29 is 14.3 Å². The number of benzene rings is 5. The molecule has 2 N–H and O–H groups in total. The fraction of sp³-hybridized carbons (Fsp3) is 0.365. The highest BCUT2D eigenvalue weighted by atomic mass is 127. The summed E-state index contributed by atoms with van der Waals surface area (Å²) in [5.74, 6) is -0.910. The first-order valence-electron chi connectivity index (χ1n) is 23.4. The SMILES string of the molecule is NC(=O)C1C(N(C(=O)C2=NN(c3ccc(Cl)cc3Cl)C(c3ccc(I)cc3)C2)N2CCCCCCC2)C(c2ccc(Cl)cc2)N(c2ccc(Cl)cc2Cl)N1[C@H]1CCCC[C@@H]1OCc1ccccc1. The molecular formula is C52H53Cl5IN7O3. The summed E-state index contributed by atoms with van der Waals surface area (Å²) in [6.07, 6.45) is 8.06. The summed E-state index contributed by atoms with van der Waals surface area (Å²) in [7, 11) is 0. The number of hydrogen-bond donors (Lipinski definition) is 1. The molecule has 0 spiro atoms. The van der Waals surface area contributed by atoms with Crippen molar-refractivity contribution in [3.63, 3.8) is 0 Å². The Morgan fingerprint density at radius 1 is 0.706 bits per heavy atom. The number of carbonyl (C=O) groups excluding carboxylic acids is 2. The Morgan fingerprint density at radius 2 is 1.31 bits per heavy atom. The van der Waals surface area contributed by atoms with Crippen molar-refractivity contribution in [2.75, 3.05) is 23.1 Å². The predicted molar refractivity (Wildman–Crippen MR) is 283 cm³/mol. The number of anilines is 2. The van der Waals surface area contributed by atoms with Crippen molar-refractivity contribution in [3.05, 3.63) is 161 Å². The minimum Gasteiger partial charge on any atom is -0.372 e. The van der Waals surface area contributed by atoms with Gasteiger partial charge >= 0.3 is 0 Å². The van der Waals surface area contributed by atoms with Gasteiger partial charge in [0.15, 0.2) is 0 Å². The quantitative estimate of drug-likeness (QED) is 0.124. The Morgan fingerprint density at radius 3 is 1.96 bits per heavy atom. The van der Waals surface area contributed by atoms with Crippen LogP contribution in [0.4, 0.5) is 11.4 Å². The van der Waals surface area contributed by atoms with Crippen molar-refractivity contribution in [2.24, 2.45) is 10.8 Å². The molecule has 1 saturated carbocycles. The molecule has 2 amide bonds. The minimum absolute atomic E-state index is 0.261. The number of hydrogen-bond acceptors (Lipinski definition) is 8. The summed E-state index contributed by atoms with van der Waals surface area (Å²) in [6, 6.07) is 33.2. The van der Waals surface area contributed by atoms with Gasteiger partial charge in [-0.3, -0.25) is 24.6 Å². The molecule has 3 fully saturated rings. The monoisotopic (exact) mass is 1130 g/mol. The van der Waals surface area contributed by atoms with E-state index in [0.717, 1.165) is 71.6 Å². The van der Waals surface area contributed by atoms with Gasteiger partial charge in [-0.15, -0.1) is 0 Å². The van der Waals surface area contributed by atoms with Gasteiger partial charge in [-0.1, -0.05) is 145 Å². The number of ether oxygens (including phenoxy) is 1. The molecule has 6 atom stereocenters. The van der Waals surface area contributed by atoms with E-state index < -0.39 is 24.0 Å². The molecule has 16 heteroatoms. The van der Waals surface area contributed by atoms with E-state index in [2.05, 4.69) is 61.9 Å². The van der Waals surface area contributed by atoms with E-state index in [0.29, 0.717) is 68.3 Å². The third-order valence-electron chi connectivity index (χ3n) is 13.6. The first-order valence-corrected chi connectivity index (χ1v) is 26.3. The molecule has 68 heavy (non-hydrogen) atoms. The Labute approximate surface area is 437 Å². The number of hydrazine groups is 2. The van der Waals surface area contributed by atoms with Crippen molar-refractivity contribution in [2.45, 2.75) is 107 Å². The van der Waals surface area contributed by atoms with Crippen LogP contribution < -0.4 is 15.8 Å². The fourth-order valence-corrected chi connectivity index (χ4v) is 12.0. The summed E-state index contributed by atoms with van der Waals surface area (Å²) in [5, 5.41) is 17.5. The smallest absolute Gasteiger partial charge is 0.284 e. The fourth-order valence-electron chi connectivity index (χ4n) is 10.5. The summed E-state index contributed by atoms with van der Waals surface area (Å²) in [6.45, 7) is 1.54. The highest BCUT2D eigenvalue weighted by Gasteiger charge is 2.59. The van der Waals surface area contributed by atoms with Gasteiger partial charge in [0.05, 0.1) is 52.3 Å². The molecule has 5 aromatic rings.